The minimum atomic E-state index is -2.71. The number of hydrogen-bond donors (Lipinski definition) is 0. The molecule has 82 valence electrons. The van der Waals surface area contributed by atoms with Gasteiger partial charge >= 0.3 is 0 Å². The monoisotopic (exact) mass is 214 g/mol. The molecule has 0 aliphatic heterocycles. The molecule has 0 amide bonds. The van der Waals surface area contributed by atoms with E-state index < -0.39 is 12.2 Å². The van der Waals surface area contributed by atoms with Crippen LogP contribution in [0, 0.1) is 0 Å². The Morgan fingerprint density at radius 1 is 1.40 bits per heavy atom. The summed E-state index contributed by atoms with van der Waals surface area (Å²) in [5, 5.41) is 0. The first-order chi connectivity index (χ1) is 7.22. The van der Waals surface area contributed by atoms with Crippen LogP contribution in [-0.2, 0) is 0 Å². The summed E-state index contributed by atoms with van der Waals surface area (Å²) in [6.45, 7) is 0. The van der Waals surface area contributed by atoms with Crippen molar-refractivity contribution < 1.29 is 18.0 Å². The van der Waals surface area contributed by atoms with Gasteiger partial charge in [-0.2, -0.15) is 0 Å². The lowest BCUT2D eigenvalue weighted by molar-refractivity contribution is 0.106. The third-order valence-corrected chi connectivity index (χ3v) is 2.89. The van der Waals surface area contributed by atoms with Gasteiger partial charge in [0, 0.05) is 5.92 Å². The van der Waals surface area contributed by atoms with Gasteiger partial charge < -0.3 is 4.42 Å². The molecule has 2 rings (SSSR count). The Morgan fingerprint density at radius 3 is 2.53 bits per heavy atom. The van der Waals surface area contributed by atoms with Crippen LogP contribution in [0.25, 0.3) is 0 Å². The molecule has 0 spiro atoms. The van der Waals surface area contributed by atoms with Gasteiger partial charge in [0.15, 0.2) is 12.0 Å². The molecule has 2 nitrogen and oxygen atoms in total. The molecule has 0 saturated heterocycles. The summed E-state index contributed by atoms with van der Waals surface area (Å²) in [6.07, 6.45) is 1.87. The highest BCUT2D eigenvalue weighted by molar-refractivity contribution is 5.76. The molecular formula is C11H12F2O2. The highest BCUT2D eigenvalue weighted by Crippen LogP contribution is 2.37. The molecule has 1 aliphatic carbocycles. The van der Waals surface area contributed by atoms with Gasteiger partial charge in [-0.1, -0.05) is 12.8 Å². The number of halogens is 2. The lowest BCUT2D eigenvalue weighted by Crippen LogP contribution is -1.88. The van der Waals surface area contributed by atoms with E-state index in [1.54, 1.807) is 0 Å². The average molecular weight is 214 g/mol. The molecular weight excluding hydrogens is 202 g/mol. The van der Waals surface area contributed by atoms with Crippen LogP contribution in [0.5, 0.6) is 0 Å². The van der Waals surface area contributed by atoms with Crippen molar-refractivity contribution in [3.8, 4) is 0 Å². The fraction of sp³-hybridized carbons (Fsp3) is 0.545. The second kappa shape index (κ2) is 4.13. The molecule has 4 heteroatoms. The van der Waals surface area contributed by atoms with E-state index in [2.05, 4.69) is 0 Å². The Bertz CT molecular complexity index is 351. The zero-order valence-corrected chi connectivity index (χ0v) is 8.21. The second-order valence-corrected chi connectivity index (χ2v) is 3.87. The van der Waals surface area contributed by atoms with Gasteiger partial charge in [0.25, 0.3) is 6.43 Å². The van der Waals surface area contributed by atoms with Crippen LogP contribution >= 0.6 is 0 Å². The van der Waals surface area contributed by atoms with Crippen molar-refractivity contribution in [1.29, 1.82) is 0 Å². The first kappa shape index (κ1) is 10.3. The SMILES string of the molecule is O=Cc1cc(C2CCCC2)oc1C(F)F. The standard InChI is InChI=1S/C11H12F2O2/c12-11(13)10-8(6-14)5-9(15-10)7-3-1-2-4-7/h5-7,11H,1-4H2. The lowest BCUT2D eigenvalue weighted by Gasteiger charge is -2.03. The van der Waals surface area contributed by atoms with Gasteiger partial charge in [-0.25, -0.2) is 8.78 Å². The van der Waals surface area contributed by atoms with Crippen molar-refractivity contribution in [3.05, 3.63) is 23.2 Å². The van der Waals surface area contributed by atoms with Crippen molar-refractivity contribution in [3.63, 3.8) is 0 Å². The van der Waals surface area contributed by atoms with Crippen molar-refractivity contribution in [2.75, 3.05) is 0 Å². The van der Waals surface area contributed by atoms with Gasteiger partial charge in [0.2, 0.25) is 0 Å². The molecule has 0 unspecified atom stereocenters. The first-order valence-electron chi connectivity index (χ1n) is 5.09. The van der Waals surface area contributed by atoms with E-state index in [-0.39, 0.29) is 11.5 Å². The molecule has 1 aliphatic rings. The summed E-state index contributed by atoms with van der Waals surface area (Å²) >= 11 is 0. The largest absolute Gasteiger partial charge is 0.459 e. The number of hydrogen-bond acceptors (Lipinski definition) is 2. The van der Waals surface area contributed by atoms with Gasteiger partial charge in [-0.15, -0.1) is 0 Å². The van der Waals surface area contributed by atoms with Crippen LogP contribution < -0.4 is 0 Å². The van der Waals surface area contributed by atoms with E-state index in [4.69, 9.17) is 4.42 Å². The molecule has 0 bridgehead atoms. The molecule has 1 aromatic rings. The number of alkyl halides is 2. The molecule has 1 fully saturated rings. The fourth-order valence-electron chi connectivity index (χ4n) is 2.11. The van der Waals surface area contributed by atoms with Crippen molar-refractivity contribution in [2.24, 2.45) is 0 Å². The summed E-state index contributed by atoms with van der Waals surface area (Å²) in [7, 11) is 0. The molecule has 1 heterocycles. The molecule has 1 aromatic heterocycles. The Labute approximate surface area is 86.3 Å². The Morgan fingerprint density at radius 2 is 2.07 bits per heavy atom. The zero-order chi connectivity index (χ0) is 10.8. The Hall–Kier alpha value is -1.19. The van der Waals surface area contributed by atoms with Crippen LogP contribution in [0.4, 0.5) is 8.78 Å². The van der Waals surface area contributed by atoms with Crippen LogP contribution in [0.1, 0.15) is 59.9 Å². The maximum absolute atomic E-state index is 12.5. The molecule has 1 saturated carbocycles. The van der Waals surface area contributed by atoms with E-state index in [1.165, 1.54) is 6.07 Å². The van der Waals surface area contributed by atoms with Crippen LogP contribution in [0.3, 0.4) is 0 Å². The summed E-state index contributed by atoms with van der Waals surface area (Å²) in [6, 6.07) is 1.46. The molecule has 0 aromatic carbocycles. The molecule has 0 N–H and O–H groups in total. The highest BCUT2D eigenvalue weighted by atomic mass is 19.3. The Kier molecular flexibility index (Phi) is 2.84. The third-order valence-electron chi connectivity index (χ3n) is 2.89. The number of furan rings is 1. The quantitative estimate of drug-likeness (QED) is 0.718. The van der Waals surface area contributed by atoms with Gasteiger partial charge in [0.1, 0.15) is 5.76 Å². The normalized spacial score (nSPS) is 17.5. The van der Waals surface area contributed by atoms with Crippen LogP contribution in [0.2, 0.25) is 0 Å². The van der Waals surface area contributed by atoms with Crippen molar-refractivity contribution in [2.45, 2.75) is 38.0 Å². The van der Waals surface area contributed by atoms with Crippen LogP contribution in [0.15, 0.2) is 10.5 Å². The maximum Gasteiger partial charge on any atom is 0.296 e. The number of carbonyl (C=O) groups excluding carboxylic acids is 1. The molecule has 0 atom stereocenters. The minimum absolute atomic E-state index is 0.00750. The van der Waals surface area contributed by atoms with E-state index in [0.717, 1.165) is 25.7 Å². The van der Waals surface area contributed by atoms with Crippen molar-refractivity contribution >= 4 is 6.29 Å². The number of aldehydes is 1. The summed E-state index contributed by atoms with van der Waals surface area (Å²) in [5.41, 5.74) is -0.00750. The van der Waals surface area contributed by atoms with Gasteiger partial charge in [0.05, 0.1) is 5.56 Å². The van der Waals surface area contributed by atoms with Crippen LogP contribution in [-0.4, -0.2) is 6.29 Å². The second-order valence-electron chi connectivity index (χ2n) is 3.87. The summed E-state index contributed by atoms with van der Waals surface area (Å²) < 4.78 is 30.0. The van der Waals surface area contributed by atoms with E-state index >= 15 is 0 Å². The predicted octanol–water partition coefficient (Wildman–Crippen LogP) is 3.69. The van der Waals surface area contributed by atoms with Gasteiger partial charge in [-0.05, 0) is 18.9 Å². The van der Waals surface area contributed by atoms with Gasteiger partial charge in [-0.3, -0.25) is 4.79 Å². The van der Waals surface area contributed by atoms with E-state index in [1.807, 2.05) is 0 Å². The third kappa shape index (κ3) is 1.94. The number of rotatable bonds is 3. The smallest absolute Gasteiger partial charge is 0.296 e. The predicted molar refractivity (Wildman–Crippen MR) is 50.3 cm³/mol. The zero-order valence-electron chi connectivity index (χ0n) is 8.21. The topological polar surface area (TPSA) is 30.2 Å². The van der Waals surface area contributed by atoms with E-state index in [0.29, 0.717) is 12.0 Å². The van der Waals surface area contributed by atoms with E-state index in [9.17, 15) is 13.6 Å². The average Bonchev–Trinajstić information content (AvgIpc) is 2.86. The van der Waals surface area contributed by atoms with Crippen molar-refractivity contribution in [1.82, 2.24) is 0 Å². The summed E-state index contributed by atoms with van der Waals surface area (Å²) in [5.74, 6) is 0.285. The Balaban J connectivity index is 2.29. The number of carbonyl (C=O) groups is 1. The molecule has 0 radical (unpaired) electrons. The lowest BCUT2D eigenvalue weighted by atomic mass is 10.1. The summed E-state index contributed by atoms with van der Waals surface area (Å²) in [4.78, 5) is 10.6. The minimum Gasteiger partial charge on any atom is -0.459 e. The maximum atomic E-state index is 12.5. The molecule has 15 heavy (non-hydrogen) atoms. The first-order valence-corrected chi connectivity index (χ1v) is 5.09. The highest BCUT2D eigenvalue weighted by Gasteiger charge is 2.25. The fourth-order valence-corrected chi connectivity index (χ4v) is 2.11.